The van der Waals surface area contributed by atoms with E-state index in [1.807, 2.05) is 31.2 Å². The van der Waals surface area contributed by atoms with Crippen LogP contribution in [0.1, 0.15) is 40.7 Å². The fourth-order valence-corrected chi connectivity index (χ4v) is 3.82. The van der Waals surface area contributed by atoms with E-state index in [0.717, 1.165) is 5.56 Å². The molecule has 0 radical (unpaired) electrons. The molecular weight excluding hydrogens is 498 g/mol. The summed E-state index contributed by atoms with van der Waals surface area (Å²) in [5.41, 5.74) is 9.05. The number of amides is 4. The van der Waals surface area contributed by atoms with Gasteiger partial charge in [0.05, 0.1) is 12.0 Å². The van der Waals surface area contributed by atoms with E-state index in [-0.39, 0.29) is 23.9 Å². The number of unbranched alkanes of at least 4 members (excludes halogenated alkanes) is 1. The molecule has 0 aliphatic heterocycles. The number of carbonyl (C=O) groups is 4. The van der Waals surface area contributed by atoms with Crippen molar-refractivity contribution < 1.29 is 24.3 Å². The minimum atomic E-state index is -1.06. The number of para-hydroxylation sites is 1. The highest BCUT2D eigenvalue weighted by Gasteiger charge is 2.21. The first-order valence-corrected chi connectivity index (χ1v) is 12.6. The van der Waals surface area contributed by atoms with Crippen molar-refractivity contribution in [2.75, 3.05) is 22.5 Å². The number of carboxylic acid groups (broad SMARTS) is 1. The van der Waals surface area contributed by atoms with Crippen LogP contribution in [0.25, 0.3) is 0 Å². The summed E-state index contributed by atoms with van der Waals surface area (Å²) in [4.78, 5) is 49.0. The summed E-state index contributed by atoms with van der Waals surface area (Å²) in [6.07, 6.45) is 1.81. The molecule has 0 unspecified atom stereocenters. The van der Waals surface area contributed by atoms with Crippen LogP contribution in [0, 0.1) is 6.92 Å². The van der Waals surface area contributed by atoms with Gasteiger partial charge in [-0.15, -0.1) is 0 Å². The van der Waals surface area contributed by atoms with Crippen LogP contribution >= 0.6 is 0 Å². The summed E-state index contributed by atoms with van der Waals surface area (Å²) in [5, 5.41) is 20.1. The smallest absolute Gasteiger partial charge is 0.335 e. The molecule has 3 aromatic rings. The zero-order valence-corrected chi connectivity index (χ0v) is 21.7. The second kappa shape index (κ2) is 14.3. The number of rotatable bonds is 12. The van der Waals surface area contributed by atoms with Crippen LogP contribution in [0.15, 0.2) is 72.8 Å². The van der Waals surface area contributed by atoms with Gasteiger partial charge in [0.1, 0.15) is 6.04 Å². The maximum atomic E-state index is 12.9. The van der Waals surface area contributed by atoms with E-state index in [1.165, 1.54) is 24.3 Å². The third-order valence-corrected chi connectivity index (χ3v) is 5.97. The molecule has 4 amide bonds. The maximum absolute atomic E-state index is 12.9. The molecule has 3 rings (SSSR count). The lowest BCUT2D eigenvalue weighted by Gasteiger charge is -2.19. The summed E-state index contributed by atoms with van der Waals surface area (Å²) < 4.78 is 0. The van der Waals surface area contributed by atoms with Gasteiger partial charge in [-0.2, -0.15) is 0 Å². The van der Waals surface area contributed by atoms with Crippen LogP contribution in [0.5, 0.6) is 0 Å². The molecule has 7 N–H and O–H groups in total. The standard InChI is InChI=1S/C29H33N5O5/c1-19-6-2-3-7-24(19)34-29(39)32-23-13-9-20(10-14-23)18-26(35)33-25(8-4-5-17-30)27(36)31-22-15-11-21(12-16-22)28(37)38/h2-3,6-7,9-16,25H,4-5,8,17-18,30H2,1H3,(H,31,36)(H,33,35)(H,37,38)(H2,32,34,39)/t25-/m1/s1. The Morgan fingerprint density at radius 1 is 0.821 bits per heavy atom. The number of nitrogens with two attached hydrogens (primary N) is 1. The Bertz CT molecular complexity index is 1290. The van der Waals surface area contributed by atoms with Crippen molar-refractivity contribution in [1.29, 1.82) is 0 Å². The summed E-state index contributed by atoms with van der Waals surface area (Å²) in [5.74, 6) is -1.79. The van der Waals surface area contributed by atoms with E-state index in [2.05, 4.69) is 21.3 Å². The Labute approximate surface area is 227 Å². The maximum Gasteiger partial charge on any atom is 0.335 e. The molecule has 0 aromatic heterocycles. The Kier molecular flexibility index (Phi) is 10.6. The van der Waals surface area contributed by atoms with Gasteiger partial charge in [0.25, 0.3) is 0 Å². The lowest BCUT2D eigenvalue weighted by molar-refractivity contribution is -0.126. The van der Waals surface area contributed by atoms with Gasteiger partial charge in [-0.05, 0) is 86.3 Å². The highest BCUT2D eigenvalue weighted by Crippen LogP contribution is 2.16. The number of carbonyl (C=O) groups excluding carboxylic acids is 3. The number of benzene rings is 3. The molecule has 0 aliphatic carbocycles. The SMILES string of the molecule is Cc1ccccc1NC(=O)Nc1ccc(CC(=O)N[C@H](CCCCN)C(=O)Nc2ccc(C(=O)O)cc2)cc1. The van der Waals surface area contributed by atoms with Crippen LogP contribution in [0.3, 0.4) is 0 Å². The molecule has 39 heavy (non-hydrogen) atoms. The van der Waals surface area contributed by atoms with Crippen molar-refractivity contribution in [2.24, 2.45) is 5.73 Å². The van der Waals surface area contributed by atoms with Crippen molar-refractivity contribution in [3.63, 3.8) is 0 Å². The number of hydrogen-bond acceptors (Lipinski definition) is 5. The number of aryl methyl sites for hydroxylation is 1. The van der Waals surface area contributed by atoms with Crippen molar-refractivity contribution in [1.82, 2.24) is 5.32 Å². The number of hydrogen-bond donors (Lipinski definition) is 6. The summed E-state index contributed by atoms with van der Waals surface area (Å²) in [7, 11) is 0. The molecule has 204 valence electrons. The number of urea groups is 1. The first-order valence-electron chi connectivity index (χ1n) is 12.6. The van der Waals surface area contributed by atoms with Crippen LogP contribution < -0.4 is 27.0 Å². The fourth-order valence-electron chi connectivity index (χ4n) is 3.82. The van der Waals surface area contributed by atoms with Crippen molar-refractivity contribution >= 4 is 40.9 Å². The molecule has 0 aliphatic rings. The van der Waals surface area contributed by atoms with Crippen LogP contribution in [-0.2, 0) is 16.0 Å². The fraction of sp³-hybridized carbons (Fsp3) is 0.241. The van der Waals surface area contributed by atoms with Crippen LogP contribution in [0.2, 0.25) is 0 Å². The molecule has 0 heterocycles. The molecule has 0 fully saturated rings. The van der Waals surface area contributed by atoms with Gasteiger partial charge in [0.2, 0.25) is 11.8 Å². The largest absolute Gasteiger partial charge is 0.478 e. The number of carboxylic acids is 1. The predicted octanol–water partition coefficient (Wildman–Crippen LogP) is 4.13. The second-order valence-electron chi connectivity index (χ2n) is 9.04. The summed E-state index contributed by atoms with van der Waals surface area (Å²) in [6.45, 7) is 2.38. The molecule has 10 heteroatoms. The van der Waals surface area contributed by atoms with Crippen molar-refractivity contribution in [2.45, 2.75) is 38.6 Å². The third kappa shape index (κ3) is 9.28. The molecule has 0 saturated heterocycles. The average Bonchev–Trinajstić information content (AvgIpc) is 2.91. The van der Waals surface area contributed by atoms with Gasteiger partial charge < -0.3 is 32.1 Å². The zero-order valence-electron chi connectivity index (χ0n) is 21.7. The number of nitrogens with one attached hydrogen (secondary N) is 4. The normalized spacial score (nSPS) is 11.2. The zero-order chi connectivity index (χ0) is 28.2. The Balaban J connectivity index is 1.55. The predicted molar refractivity (Wildman–Crippen MR) is 151 cm³/mol. The van der Waals surface area contributed by atoms with Crippen LogP contribution in [-0.4, -0.2) is 41.5 Å². The van der Waals surface area contributed by atoms with E-state index >= 15 is 0 Å². The highest BCUT2D eigenvalue weighted by molar-refractivity contribution is 6.00. The molecule has 1 atom stereocenters. The Hall–Kier alpha value is -4.70. The van der Waals surface area contributed by atoms with Gasteiger partial charge >= 0.3 is 12.0 Å². The van der Waals surface area contributed by atoms with Gasteiger partial charge in [-0.25, -0.2) is 9.59 Å². The van der Waals surface area contributed by atoms with Gasteiger partial charge in [0, 0.05) is 17.1 Å². The Morgan fingerprint density at radius 2 is 1.46 bits per heavy atom. The first-order chi connectivity index (χ1) is 18.7. The van der Waals surface area contributed by atoms with Gasteiger partial charge in [-0.1, -0.05) is 30.3 Å². The molecule has 0 saturated carbocycles. The number of anilines is 3. The first kappa shape index (κ1) is 28.9. The topological polar surface area (TPSA) is 163 Å². The quantitative estimate of drug-likeness (QED) is 0.193. The van der Waals surface area contributed by atoms with Gasteiger partial charge in [-0.3, -0.25) is 9.59 Å². The Morgan fingerprint density at radius 3 is 2.10 bits per heavy atom. The van der Waals surface area contributed by atoms with E-state index in [9.17, 15) is 19.2 Å². The molecule has 0 spiro atoms. The van der Waals surface area contributed by atoms with Gasteiger partial charge in [0.15, 0.2) is 0 Å². The lowest BCUT2D eigenvalue weighted by Crippen LogP contribution is -2.44. The monoisotopic (exact) mass is 531 g/mol. The van der Waals surface area contributed by atoms with E-state index in [0.29, 0.717) is 48.4 Å². The van der Waals surface area contributed by atoms with E-state index in [4.69, 9.17) is 10.8 Å². The summed E-state index contributed by atoms with van der Waals surface area (Å²) in [6, 6.07) is 18.9. The summed E-state index contributed by atoms with van der Waals surface area (Å²) >= 11 is 0. The second-order valence-corrected chi connectivity index (χ2v) is 9.04. The van der Waals surface area contributed by atoms with Crippen molar-refractivity contribution in [3.05, 3.63) is 89.5 Å². The minimum Gasteiger partial charge on any atom is -0.478 e. The minimum absolute atomic E-state index is 0.0453. The van der Waals surface area contributed by atoms with Crippen molar-refractivity contribution in [3.8, 4) is 0 Å². The molecular formula is C29H33N5O5. The molecule has 0 bridgehead atoms. The molecule has 3 aromatic carbocycles. The van der Waals surface area contributed by atoms with Crippen LogP contribution in [0.4, 0.5) is 21.9 Å². The lowest BCUT2D eigenvalue weighted by atomic mass is 10.1. The van der Waals surface area contributed by atoms with E-state index in [1.54, 1.807) is 24.3 Å². The average molecular weight is 532 g/mol. The number of aromatic carboxylic acids is 1. The highest BCUT2D eigenvalue weighted by atomic mass is 16.4. The van der Waals surface area contributed by atoms with E-state index < -0.39 is 17.9 Å². The molecule has 10 nitrogen and oxygen atoms in total. The third-order valence-electron chi connectivity index (χ3n) is 5.97.